The number of cyclic esters (lactones) is 1. The number of carbonyl (C=O) groups is 1. The van der Waals surface area contributed by atoms with Gasteiger partial charge in [-0.25, -0.2) is 0 Å². The molecule has 1 rings (SSSR count). The van der Waals surface area contributed by atoms with Crippen LogP contribution in [0.25, 0.3) is 0 Å². The highest BCUT2D eigenvalue weighted by Gasteiger charge is 2.32. The number of hydrogen-bond acceptors (Lipinski definition) is 7. The fraction of sp³-hybridized carbons (Fsp3) is 0.923. The Hall–Kier alpha value is -0.730. The molecule has 118 valence electrons. The summed E-state index contributed by atoms with van der Waals surface area (Å²) in [6.45, 7) is -0.719. The number of aliphatic hydroxyl groups is 5. The summed E-state index contributed by atoms with van der Waals surface area (Å²) in [5, 5.41) is 47.0. The minimum Gasteiger partial charge on any atom is -0.462 e. The van der Waals surface area contributed by atoms with Crippen molar-refractivity contribution >= 4 is 5.97 Å². The third kappa shape index (κ3) is 5.34. The number of ether oxygens (including phenoxy) is 1. The molecule has 5 atom stereocenters. The zero-order valence-corrected chi connectivity index (χ0v) is 11.4. The van der Waals surface area contributed by atoms with Crippen LogP contribution in [0.5, 0.6) is 0 Å². The number of rotatable bonds is 6. The predicted molar refractivity (Wildman–Crippen MR) is 68.7 cm³/mol. The minimum atomic E-state index is -1.65. The van der Waals surface area contributed by atoms with E-state index in [1.54, 1.807) is 0 Å². The van der Waals surface area contributed by atoms with Crippen molar-refractivity contribution in [2.24, 2.45) is 0 Å². The summed E-state index contributed by atoms with van der Waals surface area (Å²) in [4.78, 5) is 11.4. The molecule has 7 heteroatoms. The van der Waals surface area contributed by atoms with Crippen molar-refractivity contribution in [2.75, 3.05) is 6.61 Å². The van der Waals surface area contributed by atoms with Gasteiger partial charge in [-0.2, -0.15) is 0 Å². The average molecular weight is 292 g/mol. The zero-order chi connectivity index (χ0) is 15.1. The van der Waals surface area contributed by atoms with E-state index >= 15 is 0 Å². The quantitative estimate of drug-likeness (QED) is 0.384. The molecule has 0 aromatic heterocycles. The summed E-state index contributed by atoms with van der Waals surface area (Å²) in [7, 11) is 0. The first kappa shape index (κ1) is 17.3. The van der Waals surface area contributed by atoms with Crippen molar-refractivity contribution in [3.63, 3.8) is 0 Å². The summed E-state index contributed by atoms with van der Waals surface area (Å²) < 4.78 is 5.18. The molecule has 0 aliphatic carbocycles. The molecule has 0 aromatic rings. The maximum atomic E-state index is 11.4. The Labute approximate surface area is 117 Å². The Kier molecular flexibility index (Phi) is 7.39. The molecule has 1 aliphatic heterocycles. The summed E-state index contributed by atoms with van der Waals surface area (Å²) in [6.07, 6.45) is -3.15. The van der Waals surface area contributed by atoms with E-state index in [0.29, 0.717) is 12.8 Å². The Morgan fingerprint density at radius 1 is 1.05 bits per heavy atom. The van der Waals surface area contributed by atoms with Gasteiger partial charge in [-0.3, -0.25) is 4.79 Å². The van der Waals surface area contributed by atoms with Crippen LogP contribution in [-0.4, -0.2) is 68.6 Å². The normalized spacial score (nSPS) is 26.9. The predicted octanol–water partition coefficient (Wildman–Crippen LogP) is -1.31. The van der Waals surface area contributed by atoms with Crippen molar-refractivity contribution < 1.29 is 35.1 Å². The molecule has 0 saturated carbocycles. The SMILES string of the molecule is O=C1CCCCCC(C[C@H](O)[C@@H](O)[C@H](O)[C@H](O)CO)O1. The molecule has 7 nitrogen and oxygen atoms in total. The average Bonchev–Trinajstić information content (AvgIpc) is 2.41. The maximum Gasteiger partial charge on any atom is 0.306 e. The van der Waals surface area contributed by atoms with Crippen LogP contribution in [0.2, 0.25) is 0 Å². The highest BCUT2D eigenvalue weighted by atomic mass is 16.5. The first-order valence-corrected chi connectivity index (χ1v) is 6.98. The van der Waals surface area contributed by atoms with Crippen molar-refractivity contribution in [3.8, 4) is 0 Å². The Balaban J connectivity index is 2.49. The Morgan fingerprint density at radius 3 is 2.35 bits per heavy atom. The van der Waals surface area contributed by atoms with E-state index in [0.717, 1.165) is 19.3 Å². The number of carbonyl (C=O) groups excluding carboxylic acids is 1. The molecule has 0 radical (unpaired) electrons. The molecule has 1 saturated heterocycles. The molecule has 0 bridgehead atoms. The van der Waals surface area contributed by atoms with Crippen LogP contribution in [0, 0.1) is 0 Å². The topological polar surface area (TPSA) is 127 Å². The van der Waals surface area contributed by atoms with Gasteiger partial charge in [0.1, 0.15) is 24.4 Å². The second-order valence-corrected chi connectivity index (χ2v) is 5.25. The molecular weight excluding hydrogens is 268 g/mol. The number of esters is 1. The summed E-state index contributed by atoms with van der Waals surface area (Å²) in [5.74, 6) is -0.327. The molecule has 0 spiro atoms. The molecule has 1 heterocycles. The van der Waals surface area contributed by atoms with E-state index in [-0.39, 0.29) is 12.4 Å². The molecule has 0 amide bonds. The first-order valence-electron chi connectivity index (χ1n) is 6.98. The van der Waals surface area contributed by atoms with Gasteiger partial charge in [0.15, 0.2) is 0 Å². The third-order valence-corrected chi connectivity index (χ3v) is 3.53. The van der Waals surface area contributed by atoms with Gasteiger partial charge in [0.2, 0.25) is 0 Å². The second kappa shape index (κ2) is 8.53. The number of hydrogen-bond donors (Lipinski definition) is 5. The van der Waals surface area contributed by atoms with Crippen molar-refractivity contribution in [1.29, 1.82) is 0 Å². The molecule has 1 unspecified atom stereocenters. The first-order chi connectivity index (χ1) is 9.45. The molecule has 1 fully saturated rings. The van der Waals surface area contributed by atoms with Gasteiger partial charge in [-0.05, 0) is 19.3 Å². The molecule has 1 aliphatic rings. The fourth-order valence-electron chi connectivity index (χ4n) is 2.26. The summed E-state index contributed by atoms with van der Waals surface area (Å²) in [6, 6.07) is 0. The standard InChI is InChI=1S/C13H24O7/c14-7-10(16)13(19)12(18)9(15)6-8-4-2-1-3-5-11(17)20-8/h8-10,12-16,18-19H,1-7H2/t8?,9-,10+,12+,13+/m0/s1. The van der Waals surface area contributed by atoms with E-state index < -0.39 is 37.1 Å². The second-order valence-electron chi connectivity index (χ2n) is 5.25. The van der Waals surface area contributed by atoms with E-state index in [1.165, 1.54) is 0 Å². The lowest BCUT2D eigenvalue weighted by molar-refractivity contribution is -0.156. The van der Waals surface area contributed by atoms with Crippen LogP contribution in [0.3, 0.4) is 0 Å². The van der Waals surface area contributed by atoms with E-state index in [1.807, 2.05) is 0 Å². The monoisotopic (exact) mass is 292 g/mol. The molecule has 20 heavy (non-hydrogen) atoms. The smallest absolute Gasteiger partial charge is 0.306 e. The third-order valence-electron chi connectivity index (χ3n) is 3.53. The van der Waals surface area contributed by atoms with E-state index in [9.17, 15) is 25.2 Å². The van der Waals surface area contributed by atoms with Crippen LogP contribution in [0.1, 0.15) is 38.5 Å². The lowest BCUT2D eigenvalue weighted by atomic mass is 9.96. The van der Waals surface area contributed by atoms with Gasteiger partial charge in [0.05, 0.1) is 12.7 Å². The van der Waals surface area contributed by atoms with Gasteiger partial charge in [-0.1, -0.05) is 6.42 Å². The zero-order valence-electron chi connectivity index (χ0n) is 11.4. The van der Waals surface area contributed by atoms with Crippen LogP contribution < -0.4 is 0 Å². The van der Waals surface area contributed by atoms with Gasteiger partial charge in [0.25, 0.3) is 0 Å². The van der Waals surface area contributed by atoms with Gasteiger partial charge in [0, 0.05) is 12.8 Å². The van der Waals surface area contributed by atoms with Gasteiger partial charge < -0.3 is 30.3 Å². The minimum absolute atomic E-state index is 0.0118. The fourth-order valence-corrected chi connectivity index (χ4v) is 2.26. The largest absolute Gasteiger partial charge is 0.462 e. The van der Waals surface area contributed by atoms with Crippen LogP contribution in [0.15, 0.2) is 0 Å². The Morgan fingerprint density at radius 2 is 1.70 bits per heavy atom. The van der Waals surface area contributed by atoms with Crippen molar-refractivity contribution in [2.45, 2.75) is 69.0 Å². The van der Waals surface area contributed by atoms with Gasteiger partial charge in [-0.15, -0.1) is 0 Å². The molecule has 5 N–H and O–H groups in total. The van der Waals surface area contributed by atoms with Crippen molar-refractivity contribution in [3.05, 3.63) is 0 Å². The maximum absolute atomic E-state index is 11.4. The van der Waals surface area contributed by atoms with Crippen molar-refractivity contribution in [1.82, 2.24) is 0 Å². The van der Waals surface area contributed by atoms with Crippen LogP contribution >= 0.6 is 0 Å². The van der Waals surface area contributed by atoms with E-state index in [2.05, 4.69) is 0 Å². The number of aliphatic hydroxyl groups excluding tert-OH is 5. The van der Waals surface area contributed by atoms with Crippen LogP contribution in [-0.2, 0) is 9.53 Å². The van der Waals surface area contributed by atoms with Crippen LogP contribution in [0.4, 0.5) is 0 Å². The Bertz CT molecular complexity index is 296. The lowest BCUT2D eigenvalue weighted by Crippen LogP contribution is -2.47. The lowest BCUT2D eigenvalue weighted by Gasteiger charge is -2.28. The van der Waals surface area contributed by atoms with Gasteiger partial charge >= 0.3 is 5.97 Å². The highest BCUT2D eigenvalue weighted by Crippen LogP contribution is 2.20. The van der Waals surface area contributed by atoms with E-state index in [4.69, 9.17) is 9.84 Å². The highest BCUT2D eigenvalue weighted by molar-refractivity contribution is 5.69. The molecule has 0 aromatic carbocycles. The summed E-state index contributed by atoms with van der Waals surface area (Å²) in [5.41, 5.74) is 0. The molecular formula is C13H24O7. The summed E-state index contributed by atoms with van der Waals surface area (Å²) >= 11 is 0.